The maximum Gasteiger partial charge on any atom is 0.295 e. The molecule has 0 radical (unpaired) electrons. The first-order valence-electron chi connectivity index (χ1n) is 10.7. The van der Waals surface area contributed by atoms with Gasteiger partial charge in [-0.1, -0.05) is 42.5 Å². The Morgan fingerprint density at radius 2 is 1.82 bits per heavy atom. The number of hydrogen-bond acceptors (Lipinski definition) is 5. The smallest absolute Gasteiger partial charge is 0.295 e. The average Bonchev–Trinajstić information content (AvgIpc) is 3.31. The summed E-state index contributed by atoms with van der Waals surface area (Å²) in [5.41, 5.74) is 3.39. The van der Waals surface area contributed by atoms with Gasteiger partial charge in [-0.15, -0.1) is 0 Å². The lowest BCUT2D eigenvalue weighted by Crippen LogP contribution is -2.31. The molecule has 0 spiro atoms. The number of amides is 1. The topological polar surface area (TPSA) is 87.8 Å². The molecule has 33 heavy (non-hydrogen) atoms. The molecule has 0 bridgehead atoms. The monoisotopic (exact) mass is 438 g/mol. The number of nitrogens with zero attached hydrogens (tertiary/aromatic N) is 4. The van der Waals surface area contributed by atoms with E-state index in [-0.39, 0.29) is 11.3 Å². The minimum Gasteiger partial charge on any atom is -0.505 e. The maximum absolute atomic E-state index is 13.2. The minimum absolute atomic E-state index is 0.0508. The fraction of sp³-hybridized carbons (Fsp3) is 0.154. The molecule has 1 atom stereocenters. The van der Waals surface area contributed by atoms with Crippen LogP contribution in [0.15, 0.2) is 84.8 Å². The number of aliphatic hydroxyl groups is 1. The summed E-state index contributed by atoms with van der Waals surface area (Å²) in [6, 6.07) is 18.1. The number of carbonyl (C=O) groups excluding carboxylic acids is 2. The quantitative estimate of drug-likeness (QED) is 0.292. The molecule has 0 saturated carbocycles. The predicted molar refractivity (Wildman–Crippen MR) is 123 cm³/mol. The zero-order valence-corrected chi connectivity index (χ0v) is 18.0. The number of ketones is 1. The predicted octanol–water partition coefficient (Wildman–Crippen LogP) is 3.70. The zero-order chi connectivity index (χ0) is 22.9. The molecule has 1 N–H and O–H groups in total. The Bertz CT molecular complexity index is 1380. The lowest BCUT2D eigenvalue weighted by atomic mass is 9.97. The van der Waals surface area contributed by atoms with E-state index in [9.17, 15) is 14.7 Å². The number of carbonyl (C=O) groups is 2. The second-order valence-corrected chi connectivity index (χ2v) is 7.99. The molecule has 3 aromatic heterocycles. The third kappa shape index (κ3) is 3.57. The summed E-state index contributed by atoms with van der Waals surface area (Å²) in [4.78, 5) is 36.6. The molecule has 1 amide bonds. The van der Waals surface area contributed by atoms with Crippen LogP contribution in [0.3, 0.4) is 0 Å². The van der Waals surface area contributed by atoms with E-state index in [1.54, 1.807) is 36.0 Å². The van der Waals surface area contributed by atoms with Crippen LogP contribution in [-0.2, 0) is 16.0 Å². The first-order chi connectivity index (χ1) is 16.1. The van der Waals surface area contributed by atoms with Gasteiger partial charge in [0.1, 0.15) is 11.3 Å². The first-order valence-corrected chi connectivity index (χ1v) is 10.7. The number of likely N-dealkylation sites (tertiary alicyclic amines) is 1. The van der Waals surface area contributed by atoms with Crippen LogP contribution in [0, 0.1) is 6.92 Å². The van der Waals surface area contributed by atoms with E-state index < -0.39 is 17.7 Å². The van der Waals surface area contributed by atoms with Crippen molar-refractivity contribution in [1.82, 2.24) is 19.3 Å². The Labute approximate surface area is 190 Å². The van der Waals surface area contributed by atoms with Crippen LogP contribution >= 0.6 is 0 Å². The van der Waals surface area contributed by atoms with E-state index in [4.69, 9.17) is 0 Å². The summed E-state index contributed by atoms with van der Waals surface area (Å²) < 4.78 is 1.72. The van der Waals surface area contributed by atoms with Gasteiger partial charge >= 0.3 is 0 Å². The van der Waals surface area contributed by atoms with Gasteiger partial charge in [0.15, 0.2) is 5.76 Å². The van der Waals surface area contributed by atoms with Gasteiger partial charge in [0.25, 0.3) is 11.7 Å². The molecule has 164 valence electrons. The molecule has 7 heteroatoms. The van der Waals surface area contributed by atoms with Crippen LogP contribution in [0.5, 0.6) is 0 Å². The lowest BCUT2D eigenvalue weighted by molar-refractivity contribution is -0.139. The van der Waals surface area contributed by atoms with Crippen molar-refractivity contribution in [2.45, 2.75) is 19.4 Å². The number of rotatable bonds is 5. The second kappa shape index (κ2) is 8.35. The number of fused-ring (bicyclic) bond motifs is 1. The molecule has 7 nitrogen and oxygen atoms in total. The van der Waals surface area contributed by atoms with Crippen molar-refractivity contribution in [3.63, 3.8) is 0 Å². The van der Waals surface area contributed by atoms with E-state index >= 15 is 0 Å². The number of aliphatic hydroxyl groups excluding tert-OH is 1. The van der Waals surface area contributed by atoms with E-state index in [0.29, 0.717) is 35.6 Å². The van der Waals surface area contributed by atoms with Gasteiger partial charge in [0.2, 0.25) is 0 Å². The van der Waals surface area contributed by atoms with Crippen molar-refractivity contribution < 1.29 is 14.7 Å². The molecule has 1 aromatic carbocycles. The van der Waals surface area contributed by atoms with Gasteiger partial charge in [-0.3, -0.25) is 19.0 Å². The fourth-order valence-corrected chi connectivity index (χ4v) is 4.42. The van der Waals surface area contributed by atoms with Crippen molar-refractivity contribution in [3.05, 3.63) is 107 Å². The molecule has 1 aliphatic rings. The van der Waals surface area contributed by atoms with E-state index in [0.717, 1.165) is 5.56 Å². The van der Waals surface area contributed by atoms with Crippen molar-refractivity contribution >= 4 is 23.1 Å². The van der Waals surface area contributed by atoms with Gasteiger partial charge in [0.05, 0.1) is 17.3 Å². The van der Waals surface area contributed by atoms with Gasteiger partial charge in [-0.2, -0.15) is 0 Å². The molecule has 4 heterocycles. The molecular formula is C26H22N4O3. The highest BCUT2D eigenvalue weighted by atomic mass is 16.3. The van der Waals surface area contributed by atoms with Gasteiger partial charge < -0.3 is 10.0 Å². The standard InChI is InChI=1S/C26H22N4O3/c1-17-22(29-14-6-5-11-20(29)28-17)24(31)21-23(19-10-7-13-27-16-19)30(26(33)25(21)32)15-12-18-8-3-2-4-9-18/h2-11,13-14,16,23,31H,12,15H2,1H3. The fourth-order valence-electron chi connectivity index (χ4n) is 4.42. The first kappa shape index (κ1) is 20.6. The number of pyridine rings is 2. The van der Waals surface area contributed by atoms with Crippen molar-refractivity contribution in [2.75, 3.05) is 6.54 Å². The van der Waals surface area contributed by atoms with Crippen molar-refractivity contribution in [1.29, 1.82) is 0 Å². The number of hydrogen-bond donors (Lipinski definition) is 1. The molecule has 0 aliphatic carbocycles. The molecule has 5 rings (SSSR count). The average molecular weight is 438 g/mol. The van der Waals surface area contributed by atoms with Crippen LogP contribution in [0.1, 0.15) is 28.6 Å². The molecule has 1 saturated heterocycles. The Hall–Kier alpha value is -4.26. The lowest BCUT2D eigenvalue weighted by Gasteiger charge is -2.25. The minimum atomic E-state index is -0.740. The highest BCUT2D eigenvalue weighted by Gasteiger charge is 2.46. The van der Waals surface area contributed by atoms with Crippen molar-refractivity contribution in [3.8, 4) is 0 Å². The molecule has 1 fully saturated rings. The number of aryl methyl sites for hydroxylation is 1. The second-order valence-electron chi connectivity index (χ2n) is 7.99. The number of imidazole rings is 1. The molecular weight excluding hydrogens is 416 g/mol. The van der Waals surface area contributed by atoms with Crippen LogP contribution in [0.2, 0.25) is 0 Å². The summed E-state index contributed by atoms with van der Waals surface area (Å²) in [7, 11) is 0. The summed E-state index contributed by atoms with van der Waals surface area (Å²) in [5, 5.41) is 11.4. The SMILES string of the molecule is Cc1nc2ccccn2c1C(O)=C1C(=O)C(=O)N(CCc2ccccc2)C1c1cccnc1. The molecule has 4 aromatic rings. The van der Waals surface area contributed by atoms with Crippen LogP contribution in [0.4, 0.5) is 0 Å². The highest BCUT2D eigenvalue weighted by molar-refractivity contribution is 6.46. The number of aromatic nitrogens is 3. The summed E-state index contributed by atoms with van der Waals surface area (Å²) in [5.74, 6) is -1.58. The maximum atomic E-state index is 13.2. The Morgan fingerprint density at radius 1 is 1.03 bits per heavy atom. The Morgan fingerprint density at radius 3 is 2.58 bits per heavy atom. The Kier molecular flexibility index (Phi) is 5.22. The summed E-state index contributed by atoms with van der Waals surface area (Å²) in [6.07, 6.45) is 5.61. The number of Topliss-reactive ketones (excluding diaryl/α,β-unsaturated/α-hetero) is 1. The summed E-state index contributed by atoms with van der Waals surface area (Å²) in [6.45, 7) is 2.10. The van der Waals surface area contributed by atoms with Gasteiger partial charge in [-0.05, 0) is 42.7 Å². The summed E-state index contributed by atoms with van der Waals surface area (Å²) >= 11 is 0. The highest BCUT2D eigenvalue weighted by Crippen LogP contribution is 2.39. The van der Waals surface area contributed by atoms with Crippen LogP contribution in [-0.4, -0.2) is 42.6 Å². The Balaban J connectivity index is 1.64. The third-order valence-electron chi connectivity index (χ3n) is 5.95. The normalized spacial score (nSPS) is 17.7. The van der Waals surface area contributed by atoms with Crippen LogP contribution in [0.25, 0.3) is 11.4 Å². The van der Waals surface area contributed by atoms with E-state index in [1.807, 2.05) is 54.6 Å². The van der Waals surface area contributed by atoms with Crippen LogP contribution < -0.4 is 0 Å². The third-order valence-corrected chi connectivity index (χ3v) is 5.95. The molecule has 1 unspecified atom stereocenters. The molecule has 1 aliphatic heterocycles. The largest absolute Gasteiger partial charge is 0.505 e. The van der Waals surface area contributed by atoms with Gasteiger partial charge in [-0.25, -0.2) is 4.98 Å². The van der Waals surface area contributed by atoms with E-state index in [1.165, 1.54) is 4.90 Å². The number of benzene rings is 1. The zero-order valence-electron chi connectivity index (χ0n) is 18.0. The van der Waals surface area contributed by atoms with Crippen molar-refractivity contribution in [2.24, 2.45) is 0 Å². The van der Waals surface area contributed by atoms with E-state index in [2.05, 4.69) is 9.97 Å². The van der Waals surface area contributed by atoms with Gasteiger partial charge in [0, 0.05) is 25.1 Å².